The number of anilines is 1. The summed E-state index contributed by atoms with van der Waals surface area (Å²) in [6.07, 6.45) is 0.495. The van der Waals surface area contributed by atoms with Gasteiger partial charge in [-0.05, 0) is 25.5 Å². The minimum atomic E-state index is -0.239. The Kier molecular flexibility index (Phi) is 5.94. The summed E-state index contributed by atoms with van der Waals surface area (Å²) >= 11 is 6.08. The fourth-order valence-corrected chi connectivity index (χ4v) is 3.05. The fraction of sp³-hybridized carbons (Fsp3) is 0.529. The summed E-state index contributed by atoms with van der Waals surface area (Å²) in [6.45, 7) is 5.78. The minimum Gasteiger partial charge on any atom is -0.495 e. The summed E-state index contributed by atoms with van der Waals surface area (Å²) < 4.78 is 5.27. The molecule has 0 unspecified atom stereocenters. The van der Waals surface area contributed by atoms with Gasteiger partial charge in [0.1, 0.15) is 5.75 Å². The summed E-state index contributed by atoms with van der Waals surface area (Å²) in [4.78, 5) is 27.6. The topological polar surface area (TPSA) is 61.9 Å². The second-order valence-electron chi connectivity index (χ2n) is 6.11. The van der Waals surface area contributed by atoms with E-state index in [0.29, 0.717) is 42.5 Å². The van der Waals surface area contributed by atoms with E-state index in [1.54, 1.807) is 24.1 Å². The molecule has 0 saturated carbocycles. The molecule has 0 radical (unpaired) electrons. The molecule has 0 spiro atoms. The van der Waals surface area contributed by atoms with Crippen LogP contribution in [0.25, 0.3) is 0 Å². The van der Waals surface area contributed by atoms with Crippen molar-refractivity contribution in [3.8, 4) is 5.75 Å². The number of carbonyl (C=O) groups is 2. The Hall–Kier alpha value is -1.95. The average molecular weight is 354 g/mol. The van der Waals surface area contributed by atoms with Crippen LogP contribution in [0.2, 0.25) is 5.02 Å². The van der Waals surface area contributed by atoms with Crippen LogP contribution >= 0.6 is 11.6 Å². The highest BCUT2D eigenvalue weighted by molar-refractivity contribution is 6.31. The van der Waals surface area contributed by atoms with Gasteiger partial charge < -0.3 is 19.9 Å². The first kappa shape index (κ1) is 18.4. The van der Waals surface area contributed by atoms with Crippen molar-refractivity contribution in [2.75, 3.05) is 39.1 Å². The molecule has 2 rings (SSSR count). The number of benzene rings is 1. The van der Waals surface area contributed by atoms with Crippen LogP contribution in [-0.4, -0.2) is 55.5 Å². The summed E-state index contributed by atoms with van der Waals surface area (Å²) in [7, 11) is 3.26. The fourth-order valence-electron chi connectivity index (χ4n) is 2.89. The van der Waals surface area contributed by atoms with Crippen LogP contribution in [-0.2, 0) is 4.79 Å². The number of hydrogen-bond acceptors (Lipinski definition) is 3. The molecule has 1 aromatic carbocycles. The van der Waals surface area contributed by atoms with Gasteiger partial charge in [0.2, 0.25) is 5.91 Å². The molecule has 132 valence electrons. The van der Waals surface area contributed by atoms with Crippen LogP contribution in [0.5, 0.6) is 5.75 Å². The highest BCUT2D eigenvalue weighted by Crippen LogP contribution is 2.31. The quantitative estimate of drug-likeness (QED) is 0.885. The molecule has 1 saturated heterocycles. The SMILES string of the molecule is CCN1C[C@H](CN(C)C(=O)Nc2cc(C)c(Cl)cc2OC)CC1=O. The zero-order valence-corrected chi connectivity index (χ0v) is 15.3. The van der Waals surface area contributed by atoms with Crippen LogP contribution in [0.15, 0.2) is 12.1 Å². The van der Waals surface area contributed by atoms with Crippen molar-refractivity contribution < 1.29 is 14.3 Å². The molecule has 1 fully saturated rings. The lowest BCUT2D eigenvalue weighted by Gasteiger charge is -2.22. The van der Waals surface area contributed by atoms with E-state index in [4.69, 9.17) is 16.3 Å². The van der Waals surface area contributed by atoms with Gasteiger partial charge in [0, 0.05) is 50.1 Å². The molecule has 0 aliphatic carbocycles. The molecule has 1 N–H and O–H groups in total. The van der Waals surface area contributed by atoms with Gasteiger partial charge in [-0.1, -0.05) is 11.6 Å². The molecular formula is C17H24ClN3O3. The molecule has 7 heteroatoms. The van der Waals surface area contributed by atoms with Crippen molar-refractivity contribution in [3.05, 3.63) is 22.7 Å². The third kappa shape index (κ3) is 4.12. The standard InChI is InChI=1S/C17H24ClN3O3/c1-5-21-10-12(7-16(21)22)9-20(3)17(23)19-14-6-11(2)13(18)8-15(14)24-4/h6,8,12H,5,7,9-10H2,1-4H3,(H,19,23)/t12-/m0/s1. The predicted octanol–water partition coefficient (Wildman–Crippen LogP) is 2.99. The molecule has 1 heterocycles. The van der Waals surface area contributed by atoms with Gasteiger partial charge in [0.15, 0.2) is 0 Å². The summed E-state index contributed by atoms with van der Waals surface area (Å²) in [5.74, 6) is 0.842. The van der Waals surface area contributed by atoms with E-state index in [0.717, 1.165) is 5.56 Å². The number of aryl methyl sites for hydroxylation is 1. The monoisotopic (exact) mass is 353 g/mol. The molecule has 1 aliphatic rings. The number of urea groups is 1. The van der Waals surface area contributed by atoms with E-state index in [-0.39, 0.29) is 17.9 Å². The first-order valence-corrected chi connectivity index (χ1v) is 8.37. The molecular weight excluding hydrogens is 330 g/mol. The molecule has 3 amide bonds. The summed E-state index contributed by atoms with van der Waals surface area (Å²) in [5.41, 5.74) is 1.43. The maximum atomic E-state index is 12.4. The Morgan fingerprint density at radius 1 is 1.50 bits per heavy atom. The Labute approximate surface area is 147 Å². The Morgan fingerprint density at radius 2 is 2.21 bits per heavy atom. The molecule has 24 heavy (non-hydrogen) atoms. The predicted molar refractivity (Wildman–Crippen MR) is 94.8 cm³/mol. The number of carbonyl (C=O) groups excluding carboxylic acids is 2. The Morgan fingerprint density at radius 3 is 2.79 bits per heavy atom. The first-order valence-electron chi connectivity index (χ1n) is 7.99. The van der Waals surface area contributed by atoms with Gasteiger partial charge in [0.05, 0.1) is 12.8 Å². The van der Waals surface area contributed by atoms with Crippen LogP contribution in [0.3, 0.4) is 0 Å². The van der Waals surface area contributed by atoms with Crippen molar-refractivity contribution in [1.82, 2.24) is 9.80 Å². The largest absolute Gasteiger partial charge is 0.495 e. The third-order valence-electron chi connectivity index (χ3n) is 4.28. The summed E-state index contributed by atoms with van der Waals surface area (Å²) in [5, 5.41) is 3.43. The van der Waals surface area contributed by atoms with Gasteiger partial charge in [-0.15, -0.1) is 0 Å². The number of amides is 3. The second kappa shape index (κ2) is 7.75. The van der Waals surface area contributed by atoms with Crippen molar-refractivity contribution in [1.29, 1.82) is 0 Å². The lowest BCUT2D eigenvalue weighted by Crippen LogP contribution is -2.36. The smallest absolute Gasteiger partial charge is 0.321 e. The van der Waals surface area contributed by atoms with Crippen molar-refractivity contribution in [3.63, 3.8) is 0 Å². The van der Waals surface area contributed by atoms with Gasteiger partial charge in [-0.2, -0.15) is 0 Å². The Balaban J connectivity index is 2.00. The van der Waals surface area contributed by atoms with Gasteiger partial charge in [-0.3, -0.25) is 4.79 Å². The van der Waals surface area contributed by atoms with E-state index < -0.39 is 0 Å². The van der Waals surface area contributed by atoms with E-state index in [2.05, 4.69) is 5.32 Å². The third-order valence-corrected chi connectivity index (χ3v) is 4.68. The maximum absolute atomic E-state index is 12.4. The van der Waals surface area contributed by atoms with Crippen LogP contribution in [0.1, 0.15) is 18.9 Å². The van der Waals surface area contributed by atoms with Crippen LogP contribution in [0.4, 0.5) is 10.5 Å². The minimum absolute atomic E-state index is 0.159. The van der Waals surface area contributed by atoms with Crippen molar-refractivity contribution >= 4 is 29.2 Å². The zero-order chi connectivity index (χ0) is 17.9. The average Bonchev–Trinajstić information content (AvgIpc) is 2.90. The van der Waals surface area contributed by atoms with Crippen LogP contribution < -0.4 is 10.1 Å². The highest BCUT2D eigenvalue weighted by Gasteiger charge is 2.30. The van der Waals surface area contributed by atoms with Crippen LogP contribution in [0, 0.1) is 12.8 Å². The molecule has 1 aliphatic heterocycles. The second-order valence-corrected chi connectivity index (χ2v) is 6.52. The van der Waals surface area contributed by atoms with Crippen molar-refractivity contribution in [2.45, 2.75) is 20.3 Å². The number of methoxy groups -OCH3 is 1. The van der Waals surface area contributed by atoms with Gasteiger partial charge >= 0.3 is 6.03 Å². The lowest BCUT2D eigenvalue weighted by atomic mass is 10.1. The summed E-state index contributed by atoms with van der Waals surface area (Å²) in [6, 6.07) is 3.23. The molecule has 1 aromatic rings. The van der Waals surface area contributed by atoms with E-state index >= 15 is 0 Å². The number of likely N-dealkylation sites (tertiary alicyclic amines) is 1. The highest BCUT2D eigenvalue weighted by atomic mass is 35.5. The number of nitrogens with one attached hydrogen (secondary N) is 1. The van der Waals surface area contributed by atoms with Gasteiger partial charge in [-0.25, -0.2) is 4.79 Å². The van der Waals surface area contributed by atoms with E-state index in [1.807, 2.05) is 18.7 Å². The van der Waals surface area contributed by atoms with E-state index in [9.17, 15) is 9.59 Å². The number of halogens is 1. The molecule has 0 aromatic heterocycles. The number of nitrogens with zero attached hydrogens (tertiary/aromatic N) is 2. The number of hydrogen-bond donors (Lipinski definition) is 1. The lowest BCUT2D eigenvalue weighted by molar-refractivity contribution is -0.127. The van der Waals surface area contributed by atoms with Crippen molar-refractivity contribution in [2.24, 2.45) is 5.92 Å². The number of rotatable bonds is 5. The van der Waals surface area contributed by atoms with E-state index in [1.165, 1.54) is 7.11 Å². The maximum Gasteiger partial charge on any atom is 0.321 e. The zero-order valence-electron chi connectivity index (χ0n) is 14.6. The molecule has 6 nitrogen and oxygen atoms in total. The first-order chi connectivity index (χ1) is 11.3. The molecule has 0 bridgehead atoms. The number of ether oxygens (including phenoxy) is 1. The normalized spacial score (nSPS) is 17.1. The Bertz CT molecular complexity index is 636. The molecule has 1 atom stereocenters. The van der Waals surface area contributed by atoms with Gasteiger partial charge in [0.25, 0.3) is 0 Å².